The Morgan fingerprint density at radius 1 is 0.717 bits per heavy atom. The van der Waals surface area contributed by atoms with Gasteiger partial charge in [0.1, 0.15) is 11.5 Å². The van der Waals surface area contributed by atoms with Gasteiger partial charge in [-0.15, -0.1) is 0 Å². The van der Waals surface area contributed by atoms with Gasteiger partial charge in [0.25, 0.3) is 0 Å². The number of nitrogens with zero attached hydrogens (tertiary/aromatic N) is 1. The molecule has 0 amide bonds. The molecule has 1 unspecified atom stereocenters. The molecule has 0 saturated carbocycles. The van der Waals surface area contributed by atoms with Crippen molar-refractivity contribution in [3.05, 3.63) is 143 Å². The first kappa shape index (κ1) is 29.7. The SMILES string of the molecule is CCCCc1ccc(N(CCCC)c2ccc3c(c2)Oc2cc(C)c(Nc4ccccc4)cc2C32OC(=O)c3ccccc32)cc1. The molecule has 7 rings (SSSR count). The molecule has 0 saturated heterocycles. The number of aryl methyl sites for hydroxylation is 2. The molecule has 1 spiro atoms. The maximum Gasteiger partial charge on any atom is 0.340 e. The Morgan fingerprint density at radius 2 is 1.43 bits per heavy atom. The van der Waals surface area contributed by atoms with Crippen molar-refractivity contribution in [1.82, 2.24) is 0 Å². The van der Waals surface area contributed by atoms with Crippen molar-refractivity contribution in [3.8, 4) is 11.5 Å². The van der Waals surface area contributed by atoms with E-state index < -0.39 is 5.60 Å². The van der Waals surface area contributed by atoms with E-state index in [1.165, 1.54) is 18.4 Å². The van der Waals surface area contributed by atoms with Crippen LogP contribution in [0.5, 0.6) is 11.5 Å². The van der Waals surface area contributed by atoms with Gasteiger partial charge in [-0.25, -0.2) is 4.79 Å². The van der Waals surface area contributed by atoms with Crippen LogP contribution in [0.25, 0.3) is 0 Å². The number of esters is 1. The molecule has 1 atom stereocenters. The molecule has 0 radical (unpaired) electrons. The zero-order valence-electron chi connectivity index (χ0n) is 26.8. The van der Waals surface area contributed by atoms with Crippen LogP contribution in [0.4, 0.5) is 22.7 Å². The topological polar surface area (TPSA) is 50.8 Å². The minimum absolute atomic E-state index is 0.329. The second-order valence-electron chi connectivity index (χ2n) is 12.3. The molecule has 5 nitrogen and oxygen atoms in total. The Hall–Kier alpha value is -5.03. The molecule has 5 heteroatoms. The fourth-order valence-electron chi connectivity index (χ4n) is 6.73. The Kier molecular flexibility index (Phi) is 8.00. The van der Waals surface area contributed by atoms with Gasteiger partial charge in [-0.3, -0.25) is 0 Å². The summed E-state index contributed by atoms with van der Waals surface area (Å²) in [6.07, 6.45) is 5.63. The van der Waals surface area contributed by atoms with Gasteiger partial charge in [0, 0.05) is 52.1 Å². The molecule has 2 heterocycles. The number of hydrogen-bond donors (Lipinski definition) is 1. The maximum absolute atomic E-state index is 13.5. The van der Waals surface area contributed by atoms with Gasteiger partial charge >= 0.3 is 5.97 Å². The van der Waals surface area contributed by atoms with Crippen molar-refractivity contribution in [2.24, 2.45) is 0 Å². The molecule has 0 fully saturated rings. The zero-order chi connectivity index (χ0) is 31.7. The minimum atomic E-state index is -1.13. The third kappa shape index (κ3) is 5.20. The fourth-order valence-corrected chi connectivity index (χ4v) is 6.73. The molecule has 2 aliphatic rings. The highest BCUT2D eigenvalue weighted by Gasteiger charge is 2.53. The first-order chi connectivity index (χ1) is 22.5. The van der Waals surface area contributed by atoms with Crippen molar-refractivity contribution in [2.45, 2.75) is 58.5 Å². The lowest BCUT2D eigenvalue weighted by Gasteiger charge is -2.38. The van der Waals surface area contributed by atoms with E-state index >= 15 is 0 Å². The molecule has 0 aromatic heterocycles. The van der Waals surface area contributed by atoms with Crippen LogP contribution in [0.15, 0.2) is 109 Å². The Balaban J connectivity index is 1.35. The van der Waals surface area contributed by atoms with Crippen LogP contribution in [-0.2, 0) is 16.8 Å². The summed E-state index contributed by atoms with van der Waals surface area (Å²) in [7, 11) is 0. The number of unbranched alkanes of at least 4 members (excludes halogenated alkanes) is 2. The van der Waals surface area contributed by atoms with E-state index in [0.717, 1.165) is 70.8 Å². The summed E-state index contributed by atoms with van der Waals surface area (Å²) < 4.78 is 13.2. The van der Waals surface area contributed by atoms with E-state index in [0.29, 0.717) is 17.1 Å². The number of rotatable bonds is 10. The molecule has 5 aromatic carbocycles. The van der Waals surface area contributed by atoms with Gasteiger partial charge in [-0.1, -0.05) is 75.2 Å². The van der Waals surface area contributed by atoms with Crippen molar-refractivity contribution < 1.29 is 14.3 Å². The van der Waals surface area contributed by atoms with Gasteiger partial charge in [0.15, 0.2) is 5.60 Å². The third-order valence-corrected chi connectivity index (χ3v) is 9.21. The zero-order valence-corrected chi connectivity index (χ0v) is 26.8. The predicted molar refractivity (Wildman–Crippen MR) is 186 cm³/mol. The lowest BCUT2D eigenvalue weighted by Crippen LogP contribution is -2.33. The Morgan fingerprint density at radius 3 is 2.22 bits per heavy atom. The molecule has 2 aliphatic heterocycles. The number of nitrogens with one attached hydrogen (secondary N) is 1. The Labute approximate surface area is 271 Å². The quantitative estimate of drug-likeness (QED) is 0.160. The van der Waals surface area contributed by atoms with Gasteiger partial charge in [-0.2, -0.15) is 0 Å². The smallest absolute Gasteiger partial charge is 0.340 e. The van der Waals surface area contributed by atoms with Gasteiger partial charge in [-0.05, 0) is 91.9 Å². The number of hydrogen-bond acceptors (Lipinski definition) is 5. The number of ether oxygens (including phenoxy) is 2. The van der Waals surface area contributed by atoms with E-state index in [1.807, 2.05) is 54.6 Å². The molecular weight excluding hydrogens is 568 g/mol. The number of fused-ring (bicyclic) bond motifs is 6. The van der Waals surface area contributed by atoms with Crippen LogP contribution < -0.4 is 15.0 Å². The predicted octanol–water partition coefficient (Wildman–Crippen LogP) is 10.6. The highest BCUT2D eigenvalue weighted by atomic mass is 16.6. The summed E-state index contributed by atoms with van der Waals surface area (Å²) in [6, 6.07) is 37.3. The first-order valence-electron chi connectivity index (χ1n) is 16.5. The van der Waals surface area contributed by atoms with Crippen LogP contribution >= 0.6 is 0 Å². The number of carbonyl (C=O) groups excluding carboxylic acids is 1. The second-order valence-corrected chi connectivity index (χ2v) is 12.3. The highest BCUT2D eigenvalue weighted by Crippen LogP contribution is 2.57. The van der Waals surface area contributed by atoms with Gasteiger partial charge in [0.05, 0.1) is 5.56 Å². The van der Waals surface area contributed by atoms with Crippen molar-refractivity contribution in [1.29, 1.82) is 0 Å². The van der Waals surface area contributed by atoms with Crippen molar-refractivity contribution in [3.63, 3.8) is 0 Å². The fraction of sp³-hybridized carbons (Fsp3) is 0.244. The summed E-state index contributed by atoms with van der Waals surface area (Å²) in [6.45, 7) is 7.40. The lowest BCUT2D eigenvalue weighted by molar-refractivity contribution is 0.0224. The summed E-state index contributed by atoms with van der Waals surface area (Å²) in [4.78, 5) is 15.9. The molecule has 1 N–H and O–H groups in total. The van der Waals surface area contributed by atoms with E-state index in [-0.39, 0.29) is 5.97 Å². The van der Waals surface area contributed by atoms with E-state index in [2.05, 4.69) is 85.6 Å². The van der Waals surface area contributed by atoms with Crippen LogP contribution in [0.3, 0.4) is 0 Å². The number of carbonyl (C=O) groups is 1. The van der Waals surface area contributed by atoms with Gasteiger partial charge in [0.2, 0.25) is 0 Å². The number of para-hydroxylation sites is 1. The first-order valence-corrected chi connectivity index (χ1v) is 16.5. The number of benzene rings is 5. The van der Waals surface area contributed by atoms with E-state index in [4.69, 9.17) is 9.47 Å². The van der Waals surface area contributed by atoms with Crippen LogP contribution in [-0.4, -0.2) is 12.5 Å². The van der Waals surface area contributed by atoms with Crippen LogP contribution in [0.1, 0.15) is 77.7 Å². The third-order valence-electron chi connectivity index (χ3n) is 9.21. The molecule has 0 bridgehead atoms. The highest BCUT2D eigenvalue weighted by molar-refractivity contribution is 5.97. The largest absolute Gasteiger partial charge is 0.456 e. The summed E-state index contributed by atoms with van der Waals surface area (Å²) in [5.41, 5.74) is 8.42. The average molecular weight is 609 g/mol. The maximum atomic E-state index is 13.5. The number of anilines is 4. The van der Waals surface area contributed by atoms with E-state index in [9.17, 15) is 4.79 Å². The van der Waals surface area contributed by atoms with E-state index in [1.54, 1.807) is 0 Å². The second kappa shape index (κ2) is 12.4. The van der Waals surface area contributed by atoms with Crippen molar-refractivity contribution in [2.75, 3.05) is 16.8 Å². The Bertz CT molecular complexity index is 1880. The normalized spacial score (nSPS) is 15.8. The average Bonchev–Trinajstić information content (AvgIpc) is 3.38. The molecule has 5 aromatic rings. The van der Waals surface area contributed by atoms with Crippen LogP contribution in [0.2, 0.25) is 0 Å². The standard InChI is InChI=1S/C41H40N2O3/c1-4-6-13-29-18-20-31(21-19-29)43(24-7-5-2)32-22-23-35-39(26-32)45-38-25-28(3)37(42-30-14-9-8-10-15-30)27-36(38)41(35)34-17-12-11-16-33(34)40(44)46-41/h8-12,14-23,25-27,42H,4-7,13,24H2,1-3H3. The summed E-state index contributed by atoms with van der Waals surface area (Å²) in [5.74, 6) is 1.05. The molecule has 0 aliphatic carbocycles. The minimum Gasteiger partial charge on any atom is -0.456 e. The molecule has 46 heavy (non-hydrogen) atoms. The molecular formula is C41H40N2O3. The van der Waals surface area contributed by atoms with Crippen LogP contribution in [0, 0.1) is 6.92 Å². The summed E-state index contributed by atoms with van der Waals surface area (Å²) in [5, 5.41) is 3.56. The monoisotopic (exact) mass is 608 g/mol. The summed E-state index contributed by atoms with van der Waals surface area (Å²) >= 11 is 0. The van der Waals surface area contributed by atoms with Gasteiger partial charge < -0.3 is 19.7 Å². The molecule has 232 valence electrons. The lowest BCUT2D eigenvalue weighted by atomic mass is 9.77. The van der Waals surface area contributed by atoms with Crippen molar-refractivity contribution >= 4 is 28.7 Å².